The molecule has 0 aromatic rings. The largest absolute Gasteiger partial charge is 0.480 e. The standard InChI is InChI=1S/C10H18FN3O2/c1-7(12)14-6-4-8(11)3-5-10(2,13)9(15)16/h3H,4-6,13H2,1-2H3,(H2,12,14)(H,15,16)/b8-3+/t10-/m0/s1. The molecule has 0 aromatic carbocycles. The van der Waals surface area contributed by atoms with Crippen LogP contribution < -0.4 is 11.5 Å². The second kappa shape index (κ2) is 6.22. The van der Waals surface area contributed by atoms with Gasteiger partial charge in [0.05, 0.1) is 11.7 Å². The normalized spacial score (nSPS) is 17.0. The van der Waals surface area contributed by atoms with E-state index in [1.165, 1.54) is 13.0 Å². The van der Waals surface area contributed by atoms with Gasteiger partial charge in [0.2, 0.25) is 0 Å². The molecule has 5 nitrogen and oxygen atoms in total. The van der Waals surface area contributed by atoms with Crippen molar-refractivity contribution in [2.75, 3.05) is 6.54 Å². The monoisotopic (exact) mass is 231 g/mol. The summed E-state index contributed by atoms with van der Waals surface area (Å²) in [5.41, 5.74) is 9.26. The van der Waals surface area contributed by atoms with E-state index in [1.807, 2.05) is 0 Å². The number of carboxylic acids is 1. The highest BCUT2D eigenvalue weighted by Gasteiger charge is 2.26. The molecule has 6 heteroatoms. The molecule has 0 radical (unpaired) electrons. The minimum Gasteiger partial charge on any atom is -0.480 e. The predicted octanol–water partition coefficient (Wildman–Crippen LogP) is 0.799. The zero-order valence-corrected chi connectivity index (χ0v) is 9.53. The molecular weight excluding hydrogens is 213 g/mol. The summed E-state index contributed by atoms with van der Waals surface area (Å²) >= 11 is 0. The molecule has 92 valence electrons. The topological polar surface area (TPSA) is 102 Å². The lowest BCUT2D eigenvalue weighted by molar-refractivity contribution is -0.142. The Kier molecular flexibility index (Phi) is 5.66. The van der Waals surface area contributed by atoms with Gasteiger partial charge in [-0.25, -0.2) is 4.39 Å². The number of nitrogens with zero attached hydrogens (tertiary/aromatic N) is 1. The van der Waals surface area contributed by atoms with Crippen molar-refractivity contribution >= 4 is 11.8 Å². The quantitative estimate of drug-likeness (QED) is 0.464. The van der Waals surface area contributed by atoms with Crippen molar-refractivity contribution < 1.29 is 14.3 Å². The van der Waals surface area contributed by atoms with Gasteiger partial charge in [-0.2, -0.15) is 0 Å². The third-order valence-electron chi connectivity index (χ3n) is 1.95. The zero-order chi connectivity index (χ0) is 12.8. The Morgan fingerprint density at radius 1 is 1.62 bits per heavy atom. The van der Waals surface area contributed by atoms with Gasteiger partial charge in [-0.3, -0.25) is 9.79 Å². The molecule has 0 saturated carbocycles. The first-order valence-corrected chi connectivity index (χ1v) is 4.89. The van der Waals surface area contributed by atoms with Crippen molar-refractivity contribution in [3.63, 3.8) is 0 Å². The molecule has 0 bridgehead atoms. The molecule has 1 atom stereocenters. The first-order chi connectivity index (χ1) is 7.25. The summed E-state index contributed by atoms with van der Waals surface area (Å²) in [5.74, 6) is -1.20. The van der Waals surface area contributed by atoms with Crippen LogP contribution in [-0.2, 0) is 4.79 Å². The van der Waals surface area contributed by atoms with Crippen LogP contribution in [0.15, 0.2) is 16.9 Å². The van der Waals surface area contributed by atoms with Crippen LogP contribution >= 0.6 is 0 Å². The van der Waals surface area contributed by atoms with Crippen LogP contribution in [-0.4, -0.2) is 29.0 Å². The average molecular weight is 231 g/mol. The van der Waals surface area contributed by atoms with Crippen molar-refractivity contribution in [3.05, 3.63) is 11.9 Å². The molecular formula is C10H18FN3O2. The third-order valence-corrected chi connectivity index (χ3v) is 1.95. The molecule has 0 rings (SSSR count). The molecule has 0 heterocycles. The summed E-state index contributed by atoms with van der Waals surface area (Å²) in [6, 6.07) is 0. The van der Waals surface area contributed by atoms with Gasteiger partial charge in [0.1, 0.15) is 5.54 Å². The lowest BCUT2D eigenvalue weighted by Gasteiger charge is -2.16. The number of halogens is 1. The molecule has 0 aliphatic rings. The van der Waals surface area contributed by atoms with Crippen LogP contribution in [0.5, 0.6) is 0 Å². The number of carboxylic acid groups (broad SMARTS) is 1. The second-order valence-corrected chi connectivity index (χ2v) is 3.85. The smallest absolute Gasteiger partial charge is 0.323 e. The Morgan fingerprint density at radius 2 is 2.19 bits per heavy atom. The fourth-order valence-electron chi connectivity index (χ4n) is 0.851. The minimum absolute atomic E-state index is 0.0561. The number of carbonyl (C=O) groups is 1. The Hall–Kier alpha value is -1.43. The maximum Gasteiger partial charge on any atom is 0.323 e. The number of hydrogen-bond acceptors (Lipinski definition) is 3. The Morgan fingerprint density at radius 3 is 2.62 bits per heavy atom. The number of aliphatic imine (C=N–C) groups is 1. The fourth-order valence-corrected chi connectivity index (χ4v) is 0.851. The van der Waals surface area contributed by atoms with Crippen molar-refractivity contribution in [2.45, 2.75) is 32.2 Å². The van der Waals surface area contributed by atoms with Gasteiger partial charge in [-0.15, -0.1) is 0 Å². The van der Waals surface area contributed by atoms with Gasteiger partial charge in [0, 0.05) is 13.0 Å². The maximum atomic E-state index is 13.1. The Balaban J connectivity index is 4.15. The maximum absolute atomic E-state index is 13.1. The van der Waals surface area contributed by atoms with E-state index in [9.17, 15) is 9.18 Å². The summed E-state index contributed by atoms with van der Waals surface area (Å²) in [6.45, 7) is 3.20. The van der Waals surface area contributed by atoms with Crippen molar-refractivity contribution in [1.82, 2.24) is 0 Å². The molecule has 5 N–H and O–H groups in total. The van der Waals surface area contributed by atoms with Crippen LogP contribution in [0.3, 0.4) is 0 Å². The van der Waals surface area contributed by atoms with E-state index in [0.717, 1.165) is 0 Å². The van der Waals surface area contributed by atoms with Gasteiger partial charge < -0.3 is 16.6 Å². The fraction of sp³-hybridized carbons (Fsp3) is 0.600. The number of rotatable bonds is 6. The molecule has 0 aromatic heterocycles. The van der Waals surface area contributed by atoms with E-state index in [2.05, 4.69) is 4.99 Å². The van der Waals surface area contributed by atoms with E-state index in [4.69, 9.17) is 16.6 Å². The van der Waals surface area contributed by atoms with Crippen molar-refractivity contribution in [3.8, 4) is 0 Å². The van der Waals surface area contributed by atoms with E-state index < -0.39 is 17.3 Å². The SMILES string of the molecule is CC(N)=NCC/C(F)=C\C[C@](C)(N)C(=O)O. The van der Waals surface area contributed by atoms with Crippen LogP contribution in [0.2, 0.25) is 0 Å². The summed E-state index contributed by atoms with van der Waals surface area (Å²) < 4.78 is 13.1. The zero-order valence-electron chi connectivity index (χ0n) is 9.53. The first-order valence-electron chi connectivity index (χ1n) is 4.89. The van der Waals surface area contributed by atoms with Crippen LogP contribution in [0.4, 0.5) is 4.39 Å². The minimum atomic E-state index is -1.44. The van der Waals surface area contributed by atoms with Crippen LogP contribution in [0.1, 0.15) is 26.7 Å². The number of nitrogens with two attached hydrogens (primary N) is 2. The van der Waals surface area contributed by atoms with E-state index in [0.29, 0.717) is 5.84 Å². The third kappa shape index (κ3) is 6.13. The molecule has 0 aliphatic carbocycles. The molecule has 0 aliphatic heterocycles. The Labute approximate surface area is 94.0 Å². The van der Waals surface area contributed by atoms with Gasteiger partial charge in [0.15, 0.2) is 0 Å². The van der Waals surface area contributed by atoms with Crippen LogP contribution in [0.25, 0.3) is 0 Å². The number of aliphatic carboxylic acids is 1. The highest BCUT2D eigenvalue weighted by Crippen LogP contribution is 2.11. The van der Waals surface area contributed by atoms with Gasteiger partial charge in [-0.05, 0) is 20.3 Å². The van der Waals surface area contributed by atoms with Gasteiger partial charge in [0.25, 0.3) is 0 Å². The van der Waals surface area contributed by atoms with Crippen LogP contribution in [0, 0.1) is 0 Å². The number of hydrogen-bond donors (Lipinski definition) is 3. The van der Waals surface area contributed by atoms with Crippen molar-refractivity contribution in [1.29, 1.82) is 0 Å². The van der Waals surface area contributed by atoms with Crippen molar-refractivity contribution in [2.24, 2.45) is 16.5 Å². The molecule has 0 saturated heterocycles. The lowest BCUT2D eigenvalue weighted by atomic mass is 9.99. The summed E-state index contributed by atoms with van der Waals surface area (Å²) in [4.78, 5) is 14.4. The molecule has 16 heavy (non-hydrogen) atoms. The van der Waals surface area contributed by atoms with E-state index in [-0.39, 0.29) is 19.4 Å². The highest BCUT2D eigenvalue weighted by atomic mass is 19.1. The molecule has 0 amide bonds. The second-order valence-electron chi connectivity index (χ2n) is 3.85. The Bertz CT molecular complexity index is 307. The number of amidine groups is 1. The van der Waals surface area contributed by atoms with E-state index >= 15 is 0 Å². The average Bonchev–Trinajstić information content (AvgIpc) is 2.14. The summed E-state index contributed by atoms with van der Waals surface area (Å²) in [6.07, 6.45) is 1.22. The highest BCUT2D eigenvalue weighted by molar-refractivity contribution is 5.78. The van der Waals surface area contributed by atoms with Gasteiger partial charge in [-0.1, -0.05) is 6.08 Å². The molecule has 0 spiro atoms. The summed E-state index contributed by atoms with van der Waals surface area (Å²) in [7, 11) is 0. The van der Waals surface area contributed by atoms with E-state index in [1.54, 1.807) is 6.92 Å². The predicted molar refractivity (Wildman–Crippen MR) is 60.8 cm³/mol. The molecule has 0 unspecified atom stereocenters. The van der Waals surface area contributed by atoms with Gasteiger partial charge >= 0.3 is 5.97 Å². The summed E-state index contributed by atoms with van der Waals surface area (Å²) in [5, 5.41) is 8.69. The lowest BCUT2D eigenvalue weighted by Crippen LogP contribution is -2.44. The first kappa shape index (κ1) is 14.6. The molecule has 0 fully saturated rings.